The van der Waals surface area contributed by atoms with Crippen LogP contribution in [0.1, 0.15) is 49.8 Å². The van der Waals surface area contributed by atoms with E-state index in [2.05, 4.69) is 37.6 Å². The van der Waals surface area contributed by atoms with E-state index in [0.717, 1.165) is 49.0 Å². The largest absolute Gasteiger partial charge is 0.361 e. The van der Waals surface area contributed by atoms with Gasteiger partial charge in [0.2, 0.25) is 5.95 Å². The van der Waals surface area contributed by atoms with Crippen LogP contribution >= 0.6 is 23.8 Å². The molecule has 7 heteroatoms. The number of nitrogens with zero attached hydrogens (tertiary/aromatic N) is 3. The lowest BCUT2D eigenvalue weighted by molar-refractivity contribution is 0.435. The molecular formula is C22H28ClN5S. The molecule has 0 atom stereocenters. The van der Waals surface area contributed by atoms with Gasteiger partial charge in [0.15, 0.2) is 5.11 Å². The van der Waals surface area contributed by atoms with E-state index < -0.39 is 0 Å². The summed E-state index contributed by atoms with van der Waals surface area (Å²) in [4.78, 5) is 11.5. The highest BCUT2D eigenvalue weighted by Crippen LogP contribution is 2.41. The highest BCUT2D eigenvalue weighted by atomic mass is 35.5. The molecule has 1 aliphatic carbocycles. The first-order valence-electron chi connectivity index (χ1n) is 10.5. The van der Waals surface area contributed by atoms with E-state index in [1.165, 1.54) is 31.2 Å². The normalized spacial score (nSPS) is 18.1. The second kappa shape index (κ2) is 8.84. The number of rotatable bonds is 5. The third kappa shape index (κ3) is 4.81. The molecule has 2 fully saturated rings. The van der Waals surface area contributed by atoms with Gasteiger partial charge >= 0.3 is 0 Å². The molecule has 0 spiro atoms. The van der Waals surface area contributed by atoms with E-state index in [4.69, 9.17) is 23.8 Å². The molecule has 2 N–H and O–H groups in total. The van der Waals surface area contributed by atoms with Gasteiger partial charge in [-0.1, -0.05) is 36.6 Å². The maximum atomic E-state index is 6.26. The molecule has 4 rings (SSSR count). The van der Waals surface area contributed by atoms with Gasteiger partial charge in [-0.15, -0.1) is 0 Å². The predicted octanol–water partition coefficient (Wildman–Crippen LogP) is 4.84. The van der Waals surface area contributed by atoms with Crippen LogP contribution in [-0.4, -0.2) is 34.7 Å². The van der Waals surface area contributed by atoms with Crippen molar-refractivity contribution in [3.63, 3.8) is 0 Å². The maximum Gasteiger partial charge on any atom is 0.231 e. The minimum atomic E-state index is 0.0742. The van der Waals surface area contributed by atoms with Gasteiger partial charge in [0.05, 0.1) is 0 Å². The van der Waals surface area contributed by atoms with Gasteiger partial charge in [-0.3, -0.25) is 0 Å². The molecule has 0 amide bonds. The van der Waals surface area contributed by atoms with E-state index in [0.29, 0.717) is 11.1 Å². The third-order valence-electron chi connectivity index (χ3n) is 6.08. The van der Waals surface area contributed by atoms with Crippen molar-refractivity contribution in [1.29, 1.82) is 0 Å². The second-order valence-electron chi connectivity index (χ2n) is 8.19. The summed E-state index contributed by atoms with van der Waals surface area (Å²) in [6.45, 7) is 4.89. The lowest BCUT2D eigenvalue weighted by Crippen LogP contribution is -2.41. The van der Waals surface area contributed by atoms with Crippen LogP contribution in [0.2, 0.25) is 5.02 Å². The third-order valence-corrected chi connectivity index (χ3v) is 6.56. The summed E-state index contributed by atoms with van der Waals surface area (Å²) in [7, 11) is 0. The zero-order chi connectivity index (χ0) is 20.3. The Kier molecular flexibility index (Phi) is 6.20. The van der Waals surface area contributed by atoms with E-state index >= 15 is 0 Å². The molecule has 2 heterocycles. The number of hydrogen-bond acceptors (Lipinski definition) is 4. The van der Waals surface area contributed by atoms with Crippen molar-refractivity contribution in [3.05, 3.63) is 46.6 Å². The number of thiocarbonyl (C=S) groups is 1. The van der Waals surface area contributed by atoms with Gasteiger partial charge in [-0.2, -0.15) is 4.98 Å². The molecule has 0 unspecified atom stereocenters. The van der Waals surface area contributed by atoms with Crippen molar-refractivity contribution in [2.45, 2.75) is 50.9 Å². The summed E-state index contributed by atoms with van der Waals surface area (Å²) in [5, 5.41) is 7.97. The molecule has 1 saturated carbocycles. The number of halogens is 1. The average molecular weight is 430 g/mol. The number of aryl methyl sites for hydroxylation is 1. The fourth-order valence-electron chi connectivity index (χ4n) is 4.55. The van der Waals surface area contributed by atoms with Crippen molar-refractivity contribution in [1.82, 2.24) is 15.3 Å². The Bertz CT molecular complexity index is 875. The molecule has 1 saturated heterocycles. The van der Waals surface area contributed by atoms with Crippen LogP contribution in [0.25, 0.3) is 0 Å². The Morgan fingerprint density at radius 3 is 2.62 bits per heavy atom. The highest BCUT2D eigenvalue weighted by Gasteiger charge is 2.35. The molecule has 2 aromatic rings. The van der Waals surface area contributed by atoms with Crippen LogP contribution in [0.15, 0.2) is 30.3 Å². The molecule has 1 aromatic carbocycles. The first kappa shape index (κ1) is 20.4. The standard InChI is InChI=1S/C22H28ClN5S/c1-16-13-19(28-11-4-5-12-28)26-20(25-16)27-21(29)24-15-22(9-2-3-10-22)17-7-6-8-18(23)14-17/h6-8,13-14H,2-5,9-12,15H2,1H3,(H2,24,25,26,27,29). The zero-order valence-electron chi connectivity index (χ0n) is 16.9. The number of nitrogens with one attached hydrogen (secondary N) is 2. The fraction of sp³-hybridized carbons (Fsp3) is 0.500. The summed E-state index contributed by atoms with van der Waals surface area (Å²) >= 11 is 11.8. The summed E-state index contributed by atoms with van der Waals surface area (Å²) in [5.74, 6) is 1.54. The lowest BCUT2D eigenvalue weighted by atomic mass is 9.79. The van der Waals surface area contributed by atoms with Gasteiger partial charge in [-0.25, -0.2) is 4.98 Å². The summed E-state index contributed by atoms with van der Waals surface area (Å²) in [5.41, 5.74) is 2.31. The SMILES string of the molecule is Cc1cc(N2CCCC2)nc(NC(=S)NCC2(c3cccc(Cl)c3)CCCC2)n1. The smallest absolute Gasteiger partial charge is 0.231 e. The number of hydrogen-bond donors (Lipinski definition) is 2. The molecule has 5 nitrogen and oxygen atoms in total. The van der Waals surface area contributed by atoms with Crippen molar-refractivity contribution in [2.75, 3.05) is 29.9 Å². The zero-order valence-corrected chi connectivity index (χ0v) is 18.5. The van der Waals surface area contributed by atoms with E-state index in [1.54, 1.807) is 0 Å². The quantitative estimate of drug-likeness (QED) is 0.663. The molecular weight excluding hydrogens is 402 g/mol. The van der Waals surface area contributed by atoms with Crippen LogP contribution in [0.4, 0.5) is 11.8 Å². The molecule has 0 bridgehead atoms. The van der Waals surface area contributed by atoms with Crippen LogP contribution in [0.3, 0.4) is 0 Å². The minimum Gasteiger partial charge on any atom is -0.361 e. The Labute approximate surface area is 183 Å². The van der Waals surface area contributed by atoms with E-state index in [1.807, 2.05) is 25.1 Å². The van der Waals surface area contributed by atoms with Gasteiger partial charge in [0, 0.05) is 41.8 Å². The molecule has 2 aliphatic rings. The van der Waals surface area contributed by atoms with Crippen molar-refractivity contribution < 1.29 is 0 Å². The van der Waals surface area contributed by atoms with Crippen LogP contribution < -0.4 is 15.5 Å². The Morgan fingerprint density at radius 2 is 1.90 bits per heavy atom. The Morgan fingerprint density at radius 1 is 1.14 bits per heavy atom. The first-order valence-corrected chi connectivity index (χ1v) is 11.2. The highest BCUT2D eigenvalue weighted by molar-refractivity contribution is 7.80. The number of benzene rings is 1. The number of aromatic nitrogens is 2. The molecule has 0 radical (unpaired) electrons. The van der Waals surface area contributed by atoms with Crippen LogP contribution in [0, 0.1) is 6.92 Å². The lowest BCUT2D eigenvalue weighted by Gasteiger charge is -2.30. The van der Waals surface area contributed by atoms with Gasteiger partial charge in [-0.05, 0) is 62.5 Å². The van der Waals surface area contributed by atoms with Gasteiger partial charge < -0.3 is 15.5 Å². The maximum absolute atomic E-state index is 6.26. The number of anilines is 2. The molecule has 1 aliphatic heterocycles. The fourth-order valence-corrected chi connectivity index (χ4v) is 4.90. The average Bonchev–Trinajstić information content (AvgIpc) is 3.39. The minimum absolute atomic E-state index is 0.0742. The summed E-state index contributed by atoms with van der Waals surface area (Å²) < 4.78 is 0. The van der Waals surface area contributed by atoms with Crippen molar-refractivity contribution in [2.24, 2.45) is 0 Å². The van der Waals surface area contributed by atoms with E-state index in [-0.39, 0.29) is 5.41 Å². The van der Waals surface area contributed by atoms with E-state index in [9.17, 15) is 0 Å². The van der Waals surface area contributed by atoms with Crippen molar-refractivity contribution in [3.8, 4) is 0 Å². The van der Waals surface area contributed by atoms with Gasteiger partial charge in [0.25, 0.3) is 0 Å². The molecule has 29 heavy (non-hydrogen) atoms. The van der Waals surface area contributed by atoms with Crippen LogP contribution in [0.5, 0.6) is 0 Å². The Balaban J connectivity index is 1.43. The second-order valence-corrected chi connectivity index (χ2v) is 9.04. The molecule has 154 valence electrons. The topological polar surface area (TPSA) is 53.1 Å². The first-order chi connectivity index (χ1) is 14.0. The predicted molar refractivity (Wildman–Crippen MR) is 124 cm³/mol. The summed E-state index contributed by atoms with van der Waals surface area (Å²) in [6, 6.07) is 10.3. The van der Waals surface area contributed by atoms with Crippen molar-refractivity contribution >= 4 is 40.7 Å². The molecule has 1 aromatic heterocycles. The Hall–Kier alpha value is -1.92. The van der Waals surface area contributed by atoms with Gasteiger partial charge in [0.1, 0.15) is 5.82 Å². The van der Waals surface area contributed by atoms with Crippen LogP contribution in [-0.2, 0) is 5.41 Å². The monoisotopic (exact) mass is 429 g/mol. The summed E-state index contributed by atoms with van der Waals surface area (Å²) in [6.07, 6.45) is 7.18.